The molecule has 21 nitrogen and oxygen atoms in total. The second-order valence-electron chi connectivity index (χ2n) is 20.2. The number of hydrogen-bond donors (Lipinski definition) is 10. The molecule has 3 aliphatic heterocycles. The van der Waals surface area contributed by atoms with Crippen LogP contribution >= 0.6 is 0 Å². The van der Waals surface area contributed by atoms with Crippen LogP contribution in [0.25, 0.3) is 10.9 Å². The third-order valence-electron chi connectivity index (χ3n) is 14.0. The van der Waals surface area contributed by atoms with Gasteiger partial charge in [-0.2, -0.15) is 0 Å². The molecule has 10 N–H and O–H groups in total. The molecule has 2 aromatic rings. The normalized spacial score (nSPS) is 40.6. The van der Waals surface area contributed by atoms with Gasteiger partial charge < -0.3 is 74.9 Å². The molecular formula is C55H77N3O18. The summed E-state index contributed by atoms with van der Waals surface area (Å²) in [5, 5.41) is 118. The number of fused-ring (bicyclic) bond motifs is 3. The second-order valence-corrected chi connectivity index (χ2v) is 20.2. The molecule has 2 fully saturated rings. The van der Waals surface area contributed by atoms with Gasteiger partial charge >= 0.3 is 17.5 Å². The second kappa shape index (κ2) is 29.6. The number of cyclic esters (lactones) is 1. The summed E-state index contributed by atoms with van der Waals surface area (Å²) < 4.78 is 23.9. The van der Waals surface area contributed by atoms with Crippen molar-refractivity contribution in [3.8, 4) is 0 Å². The molecule has 5 rings (SSSR count). The van der Waals surface area contributed by atoms with Crippen LogP contribution in [0.15, 0.2) is 114 Å². The molecule has 3 aliphatic rings. The number of aliphatic hydroxyl groups excluding tert-OH is 9. The fraction of sp³-hybridized carbons (Fsp3) is 0.582. The highest BCUT2D eigenvalue weighted by molar-refractivity contribution is 5.77. The van der Waals surface area contributed by atoms with E-state index in [0.717, 1.165) is 0 Å². The summed E-state index contributed by atoms with van der Waals surface area (Å²) in [6.45, 7) is 8.42. The number of rotatable bonds is 4. The van der Waals surface area contributed by atoms with Crippen molar-refractivity contribution in [1.82, 2.24) is 15.2 Å². The van der Waals surface area contributed by atoms with Crippen molar-refractivity contribution in [2.45, 2.75) is 177 Å². The molecule has 4 heterocycles. The van der Waals surface area contributed by atoms with Crippen LogP contribution in [0, 0.1) is 23.7 Å². The molecule has 76 heavy (non-hydrogen) atoms. The first-order chi connectivity index (χ1) is 36.1. The number of ether oxygens (including phenoxy) is 4. The Morgan fingerprint density at radius 2 is 1.28 bits per heavy atom. The predicted octanol–water partition coefficient (Wildman–Crippen LogP) is 1.70. The van der Waals surface area contributed by atoms with Crippen molar-refractivity contribution in [2.24, 2.45) is 23.7 Å². The number of aromatic nitrogens is 3. The third kappa shape index (κ3) is 18.3. The lowest BCUT2D eigenvalue weighted by molar-refractivity contribution is -0.311. The van der Waals surface area contributed by atoms with E-state index in [-0.39, 0.29) is 42.5 Å². The Bertz CT molecular complexity index is 2440. The van der Waals surface area contributed by atoms with Crippen LogP contribution in [0.5, 0.6) is 0 Å². The van der Waals surface area contributed by atoms with Gasteiger partial charge in [0.25, 0.3) is 0 Å². The molecule has 1 aromatic carbocycles. The summed E-state index contributed by atoms with van der Waals surface area (Å²) in [4.78, 5) is 46.0. The van der Waals surface area contributed by atoms with Gasteiger partial charge in [-0.3, -0.25) is 9.59 Å². The van der Waals surface area contributed by atoms with Gasteiger partial charge in [-0.15, -0.1) is 5.10 Å². The van der Waals surface area contributed by atoms with E-state index in [4.69, 9.17) is 23.8 Å². The average molecular weight is 1070 g/mol. The maximum atomic E-state index is 14.1. The van der Waals surface area contributed by atoms with Gasteiger partial charge in [-0.05, 0) is 55.3 Å². The number of benzene rings is 1. The first-order valence-electron chi connectivity index (χ1n) is 25.9. The van der Waals surface area contributed by atoms with Gasteiger partial charge in [0, 0.05) is 43.4 Å². The van der Waals surface area contributed by atoms with Gasteiger partial charge in [0.2, 0.25) is 0 Å². The highest BCUT2D eigenvalue weighted by Gasteiger charge is 2.52. The number of carbonyl (C=O) groups excluding carboxylic acids is 2. The quantitative estimate of drug-likeness (QED) is 0.154. The summed E-state index contributed by atoms with van der Waals surface area (Å²) in [5.74, 6) is -7.50. The minimum absolute atomic E-state index is 0.0701. The van der Waals surface area contributed by atoms with E-state index in [2.05, 4.69) is 10.3 Å². The first kappa shape index (κ1) is 61.7. The zero-order chi connectivity index (χ0) is 55.7. The fourth-order valence-electron chi connectivity index (χ4n) is 9.32. The van der Waals surface area contributed by atoms with Gasteiger partial charge in [0.05, 0.1) is 79.0 Å². The lowest BCUT2D eigenvalue weighted by Crippen LogP contribution is -2.58. The molecular weight excluding hydrogens is 991 g/mol. The van der Waals surface area contributed by atoms with Gasteiger partial charge in [0.1, 0.15) is 23.6 Å². The molecule has 21 heteroatoms. The van der Waals surface area contributed by atoms with Crippen molar-refractivity contribution < 1.29 is 84.4 Å². The van der Waals surface area contributed by atoms with E-state index in [9.17, 15) is 65.4 Å². The molecule has 0 aliphatic carbocycles. The molecule has 6 unspecified atom stereocenters. The molecule has 2 saturated heterocycles. The summed E-state index contributed by atoms with van der Waals surface area (Å²) in [5.41, 5.74) is -0.622. The molecule has 0 amide bonds. The molecule has 0 spiro atoms. The fourth-order valence-corrected chi connectivity index (χ4v) is 9.32. The van der Waals surface area contributed by atoms with E-state index in [1.165, 1.54) is 12.1 Å². The minimum atomic E-state index is -2.41. The number of esters is 1. The van der Waals surface area contributed by atoms with Crippen molar-refractivity contribution in [3.05, 3.63) is 120 Å². The Hall–Kier alpha value is -5.11. The van der Waals surface area contributed by atoms with E-state index < -0.39 is 152 Å². The Labute approximate surface area is 442 Å². The number of allylic oxidation sites excluding steroid dienone is 12. The largest absolute Gasteiger partial charge is 0.462 e. The maximum Gasteiger partial charge on any atom is 0.343 e. The smallest absolute Gasteiger partial charge is 0.343 e. The lowest BCUT2D eigenvalue weighted by Gasteiger charge is -2.45. The van der Waals surface area contributed by atoms with E-state index in [0.29, 0.717) is 4.85 Å². The van der Waals surface area contributed by atoms with Crippen LogP contribution in [-0.4, -0.2) is 170 Å². The summed E-state index contributed by atoms with van der Waals surface area (Å²) in [6, 6.07) is 6.19. The third-order valence-corrected chi connectivity index (χ3v) is 14.0. The van der Waals surface area contributed by atoms with Crippen LogP contribution < -0.4 is 10.4 Å². The van der Waals surface area contributed by atoms with E-state index in [1.54, 1.807) is 107 Å². The van der Waals surface area contributed by atoms with Crippen molar-refractivity contribution in [2.75, 3.05) is 0 Å². The van der Waals surface area contributed by atoms with Crippen LogP contribution in [0.2, 0.25) is 0 Å². The zero-order valence-corrected chi connectivity index (χ0v) is 43.5. The Balaban J connectivity index is 1.43. The monoisotopic (exact) mass is 1070 g/mol. The Morgan fingerprint density at radius 1 is 0.658 bits per heavy atom. The van der Waals surface area contributed by atoms with Gasteiger partial charge in [-0.1, -0.05) is 118 Å². The minimum Gasteiger partial charge on any atom is -0.462 e. The highest BCUT2D eigenvalue weighted by atomic mass is 16.7. The Morgan fingerprint density at radius 3 is 1.93 bits per heavy atom. The highest BCUT2D eigenvalue weighted by Crippen LogP contribution is 2.39. The molecule has 0 saturated carbocycles. The van der Waals surface area contributed by atoms with Crippen molar-refractivity contribution in [1.29, 1.82) is 0 Å². The molecule has 2 bridgehead atoms. The summed E-state index contributed by atoms with van der Waals surface area (Å²) in [7, 11) is 0. The number of aliphatic hydroxyl groups is 10. The van der Waals surface area contributed by atoms with E-state index >= 15 is 0 Å². The van der Waals surface area contributed by atoms with Crippen molar-refractivity contribution in [3.63, 3.8) is 0 Å². The van der Waals surface area contributed by atoms with Crippen LogP contribution in [0.3, 0.4) is 0 Å². The maximum absolute atomic E-state index is 14.1. The zero-order valence-electron chi connectivity index (χ0n) is 43.5. The standard InChI is InChI=1S/C55H77N3O18/c1-32-20-16-14-12-10-8-6-7-9-11-13-15-17-21-40(74-54-51(68)34(3)50(67)36(5)73-54)29-46-48(53(70)76-58-52(69)41-22-18-19-23-42(41)56-57-58)45(64)31-55(71,75-46)30-39(61)27-44(63)43(62)25-24-37(59)26-38(60)28-47(65)72-35(4)33(2)49(32)66/h6-23,32-40,43-46,48-51,54,59-64,66-68,71H,24-31H2,1-5H3/b7-6+,10-8+,11-9+,14-12+,15-13+,20-16+,21-17+/t32-,33+,34?,35-,36?,37+,38+,39-,40-,43+,44+,45-,46?,48+,49+,50?,51?,54?,55+/m0/s1. The molecule has 19 atom stereocenters. The number of nitrogens with zero attached hydrogens (tertiary/aromatic N) is 3. The predicted molar refractivity (Wildman–Crippen MR) is 276 cm³/mol. The summed E-state index contributed by atoms with van der Waals surface area (Å²) in [6.07, 6.45) is 3.29. The van der Waals surface area contributed by atoms with Crippen molar-refractivity contribution >= 4 is 22.8 Å². The van der Waals surface area contributed by atoms with Crippen LogP contribution in [0.4, 0.5) is 0 Å². The topological polar surface area (TPSA) is 330 Å². The molecule has 0 radical (unpaired) electrons. The van der Waals surface area contributed by atoms with Gasteiger partial charge in [0.15, 0.2) is 12.1 Å². The lowest BCUT2D eigenvalue weighted by atomic mass is 9.82. The van der Waals surface area contributed by atoms with E-state index in [1.807, 2.05) is 25.2 Å². The molecule has 1 aromatic heterocycles. The van der Waals surface area contributed by atoms with Crippen LogP contribution in [0.1, 0.15) is 86.0 Å². The number of carbonyl (C=O) groups is 2. The first-order valence-corrected chi connectivity index (χ1v) is 25.9. The SMILES string of the molecule is CC1OC(O[C@H]2/C=C/C=C/C=C/C=C/C=C/C=C/C=C/[C@H](C)[C@@H](O)[C@H](C)[C@H](C)OC(=O)C[C@H](O)C[C@H](O)CC[C@@H](O)[C@H](O)C[C@H](O)C[C@]3(O)C[C@H](O)[C@@H](C(=O)On4nnc5ccccc5c4=O)C(C2)O3)C(O)C(C)C1O. The number of hydrogen-bond acceptors (Lipinski definition) is 20. The Kier molecular flexibility index (Phi) is 24.0. The van der Waals surface area contributed by atoms with Gasteiger partial charge in [-0.25, -0.2) is 4.79 Å². The van der Waals surface area contributed by atoms with Crippen LogP contribution in [-0.2, 0) is 28.5 Å². The summed E-state index contributed by atoms with van der Waals surface area (Å²) >= 11 is 0. The molecule has 420 valence electrons. The average Bonchev–Trinajstić information content (AvgIpc) is 3.36.